The van der Waals surface area contributed by atoms with Gasteiger partial charge in [-0.25, -0.2) is 0 Å². The number of rotatable bonds is 5. The molecule has 1 aromatic carbocycles. The van der Waals surface area contributed by atoms with Crippen molar-refractivity contribution in [1.29, 1.82) is 0 Å². The zero-order valence-electron chi connectivity index (χ0n) is 13.7. The Hall–Kier alpha value is -1.95. The standard InChI is InChI=1S/C17H22N4OS/c1-10(2)11-4-6-12(7-5-11)13-8-14(13)16(22)18-9-15-19-20-17(23)21(15)3/h4-7,10,13-14H,8-9H2,1-3H3,(H,18,22)(H,20,23). The van der Waals surface area contributed by atoms with Gasteiger partial charge in [0, 0.05) is 13.0 Å². The van der Waals surface area contributed by atoms with Crippen molar-refractivity contribution in [3.8, 4) is 0 Å². The molecule has 1 aliphatic carbocycles. The lowest BCUT2D eigenvalue weighted by molar-refractivity contribution is -0.122. The third-order valence-electron chi connectivity index (χ3n) is 4.55. The maximum atomic E-state index is 12.3. The molecule has 1 saturated carbocycles. The molecule has 2 N–H and O–H groups in total. The second-order valence-electron chi connectivity index (χ2n) is 6.49. The summed E-state index contributed by atoms with van der Waals surface area (Å²) in [6.07, 6.45) is 0.922. The highest BCUT2D eigenvalue weighted by Gasteiger charge is 2.43. The quantitative estimate of drug-likeness (QED) is 0.828. The minimum Gasteiger partial charge on any atom is -0.349 e. The second kappa shape index (κ2) is 6.28. The Kier molecular flexibility index (Phi) is 4.35. The van der Waals surface area contributed by atoms with Crippen LogP contribution < -0.4 is 5.32 Å². The Labute approximate surface area is 141 Å². The van der Waals surface area contributed by atoms with Crippen LogP contribution in [0.15, 0.2) is 24.3 Å². The van der Waals surface area contributed by atoms with Gasteiger partial charge in [0.25, 0.3) is 0 Å². The number of aromatic amines is 1. The number of H-pyrrole nitrogens is 1. The van der Waals surface area contributed by atoms with Gasteiger partial charge in [0.15, 0.2) is 10.6 Å². The molecule has 1 amide bonds. The van der Waals surface area contributed by atoms with Crippen LogP contribution in [0.5, 0.6) is 0 Å². The number of carbonyl (C=O) groups excluding carboxylic acids is 1. The zero-order chi connectivity index (χ0) is 16.6. The topological polar surface area (TPSA) is 62.7 Å². The van der Waals surface area contributed by atoms with E-state index in [0.29, 0.717) is 23.2 Å². The molecule has 1 aromatic heterocycles. The van der Waals surface area contributed by atoms with Gasteiger partial charge < -0.3 is 9.88 Å². The summed E-state index contributed by atoms with van der Waals surface area (Å²) in [6.45, 7) is 4.77. The maximum absolute atomic E-state index is 12.3. The largest absolute Gasteiger partial charge is 0.349 e. The molecule has 2 atom stereocenters. The number of benzene rings is 1. The smallest absolute Gasteiger partial charge is 0.224 e. The number of hydrogen-bond acceptors (Lipinski definition) is 3. The van der Waals surface area contributed by atoms with E-state index < -0.39 is 0 Å². The lowest BCUT2D eigenvalue weighted by Gasteiger charge is -2.07. The summed E-state index contributed by atoms with van der Waals surface area (Å²) in [6, 6.07) is 8.65. The van der Waals surface area contributed by atoms with Crippen molar-refractivity contribution in [2.24, 2.45) is 13.0 Å². The van der Waals surface area contributed by atoms with Crippen molar-refractivity contribution in [3.63, 3.8) is 0 Å². The van der Waals surface area contributed by atoms with Gasteiger partial charge >= 0.3 is 0 Å². The molecule has 0 aliphatic heterocycles. The van der Waals surface area contributed by atoms with Gasteiger partial charge in [-0.2, -0.15) is 5.10 Å². The van der Waals surface area contributed by atoms with E-state index >= 15 is 0 Å². The van der Waals surface area contributed by atoms with Crippen molar-refractivity contribution >= 4 is 18.1 Å². The first-order chi connectivity index (χ1) is 11.0. The molecule has 1 heterocycles. The fourth-order valence-electron chi connectivity index (χ4n) is 2.82. The molecule has 6 heteroatoms. The second-order valence-corrected chi connectivity index (χ2v) is 6.88. The first-order valence-electron chi connectivity index (χ1n) is 7.95. The van der Waals surface area contributed by atoms with Crippen LogP contribution in [0.25, 0.3) is 0 Å². The molecule has 3 rings (SSSR count). The van der Waals surface area contributed by atoms with Crippen molar-refractivity contribution in [2.75, 3.05) is 0 Å². The third-order valence-corrected chi connectivity index (χ3v) is 4.92. The molecule has 23 heavy (non-hydrogen) atoms. The lowest BCUT2D eigenvalue weighted by atomic mass is 10.00. The Morgan fingerprint density at radius 3 is 2.70 bits per heavy atom. The minimum atomic E-state index is 0.0760. The lowest BCUT2D eigenvalue weighted by Crippen LogP contribution is -2.26. The van der Waals surface area contributed by atoms with Gasteiger partial charge in [-0.15, -0.1) is 0 Å². The number of nitrogens with zero attached hydrogens (tertiary/aromatic N) is 2. The van der Waals surface area contributed by atoms with Gasteiger partial charge in [-0.1, -0.05) is 38.1 Å². The number of aromatic nitrogens is 3. The fraction of sp³-hybridized carbons (Fsp3) is 0.471. The first-order valence-corrected chi connectivity index (χ1v) is 8.36. The summed E-state index contributed by atoms with van der Waals surface area (Å²) in [5, 5.41) is 9.78. The van der Waals surface area contributed by atoms with Gasteiger partial charge in [0.05, 0.1) is 6.54 Å². The number of nitrogens with one attached hydrogen (secondary N) is 2. The molecule has 0 radical (unpaired) electrons. The molecular weight excluding hydrogens is 308 g/mol. The minimum absolute atomic E-state index is 0.0760. The fourth-order valence-corrected chi connectivity index (χ4v) is 2.97. The third kappa shape index (κ3) is 3.37. The summed E-state index contributed by atoms with van der Waals surface area (Å²) in [7, 11) is 1.84. The highest BCUT2D eigenvalue weighted by Crippen LogP contribution is 2.47. The van der Waals surface area contributed by atoms with Gasteiger partial charge in [-0.3, -0.25) is 9.89 Å². The highest BCUT2D eigenvalue weighted by atomic mass is 32.1. The molecule has 122 valence electrons. The van der Waals surface area contributed by atoms with Crippen LogP contribution in [0.2, 0.25) is 0 Å². The van der Waals surface area contributed by atoms with Crippen LogP contribution in [0.4, 0.5) is 0 Å². The van der Waals surface area contributed by atoms with Crippen molar-refractivity contribution in [2.45, 2.75) is 38.6 Å². The SMILES string of the molecule is CC(C)c1ccc(C2CC2C(=O)NCc2n[nH]c(=S)n2C)cc1. The predicted octanol–water partition coefficient (Wildman–Crippen LogP) is 3.02. The maximum Gasteiger partial charge on any atom is 0.224 e. The summed E-state index contributed by atoms with van der Waals surface area (Å²) in [5.74, 6) is 1.79. The van der Waals surface area contributed by atoms with Crippen LogP contribution in [-0.4, -0.2) is 20.7 Å². The van der Waals surface area contributed by atoms with Gasteiger partial charge in [0.2, 0.25) is 5.91 Å². The van der Waals surface area contributed by atoms with Crippen molar-refractivity contribution in [1.82, 2.24) is 20.1 Å². The average Bonchev–Trinajstić information content (AvgIpc) is 3.28. The van der Waals surface area contributed by atoms with Crippen molar-refractivity contribution < 1.29 is 4.79 Å². The van der Waals surface area contributed by atoms with E-state index in [-0.39, 0.29) is 11.8 Å². The Morgan fingerprint density at radius 2 is 2.13 bits per heavy atom. The summed E-state index contributed by atoms with van der Waals surface area (Å²) in [5.41, 5.74) is 2.59. The monoisotopic (exact) mass is 330 g/mol. The molecule has 2 unspecified atom stereocenters. The van der Waals surface area contributed by atoms with Gasteiger partial charge in [0.1, 0.15) is 0 Å². The molecule has 1 aliphatic rings. The predicted molar refractivity (Wildman–Crippen MR) is 91.6 cm³/mol. The number of hydrogen-bond donors (Lipinski definition) is 2. The van der Waals surface area contributed by atoms with E-state index in [1.54, 1.807) is 4.57 Å². The molecule has 5 nitrogen and oxygen atoms in total. The molecular formula is C17H22N4OS. The molecule has 0 bridgehead atoms. The molecule has 2 aromatic rings. The van der Waals surface area contributed by atoms with Crippen molar-refractivity contribution in [3.05, 3.63) is 46.0 Å². The zero-order valence-corrected chi connectivity index (χ0v) is 14.5. The van der Waals surface area contributed by atoms with Gasteiger partial charge in [-0.05, 0) is 41.6 Å². The number of amides is 1. The Bertz CT molecular complexity index is 760. The number of carbonyl (C=O) groups is 1. The van der Waals surface area contributed by atoms with E-state index in [2.05, 4.69) is 53.6 Å². The van der Waals surface area contributed by atoms with E-state index in [9.17, 15) is 4.79 Å². The average molecular weight is 330 g/mol. The van der Waals surface area contributed by atoms with E-state index in [1.807, 2.05) is 7.05 Å². The van der Waals surface area contributed by atoms with Crippen LogP contribution in [-0.2, 0) is 18.4 Å². The Morgan fingerprint density at radius 1 is 1.43 bits per heavy atom. The summed E-state index contributed by atoms with van der Waals surface area (Å²) in [4.78, 5) is 12.3. The van der Waals surface area contributed by atoms with E-state index in [4.69, 9.17) is 12.2 Å². The highest BCUT2D eigenvalue weighted by molar-refractivity contribution is 7.71. The van der Waals surface area contributed by atoms with Crippen LogP contribution in [0.1, 0.15) is 49.1 Å². The van der Waals surface area contributed by atoms with Crippen LogP contribution in [0.3, 0.4) is 0 Å². The molecule has 0 saturated heterocycles. The summed E-state index contributed by atoms with van der Waals surface area (Å²) >= 11 is 5.06. The van der Waals surface area contributed by atoms with E-state index in [0.717, 1.165) is 12.2 Å². The van der Waals surface area contributed by atoms with Crippen LogP contribution in [0, 0.1) is 10.7 Å². The van der Waals surface area contributed by atoms with Crippen LogP contribution >= 0.6 is 12.2 Å². The first kappa shape index (κ1) is 15.9. The normalized spacial score (nSPS) is 19.8. The molecule has 1 fully saturated rings. The molecule has 0 spiro atoms. The summed E-state index contributed by atoms with van der Waals surface area (Å²) < 4.78 is 2.33. The van der Waals surface area contributed by atoms with E-state index in [1.165, 1.54) is 11.1 Å². The Balaban J connectivity index is 1.56.